The van der Waals surface area contributed by atoms with E-state index in [2.05, 4.69) is 6.58 Å². The van der Waals surface area contributed by atoms with Gasteiger partial charge in [-0.15, -0.1) is 6.58 Å². The van der Waals surface area contributed by atoms with E-state index in [1.807, 2.05) is 24.3 Å². The Bertz CT molecular complexity index is 371. The molecule has 0 aliphatic rings. The van der Waals surface area contributed by atoms with E-state index >= 15 is 0 Å². The SMILES string of the molecule is C=CCC(Cc1ccccc1OC)C(=O)O. The second-order valence-corrected chi connectivity index (χ2v) is 3.58. The molecule has 0 aliphatic carbocycles. The van der Waals surface area contributed by atoms with E-state index in [-0.39, 0.29) is 0 Å². The van der Waals surface area contributed by atoms with E-state index in [1.165, 1.54) is 0 Å². The molecule has 3 heteroatoms. The van der Waals surface area contributed by atoms with Crippen molar-refractivity contribution in [3.63, 3.8) is 0 Å². The number of carboxylic acid groups (broad SMARTS) is 1. The van der Waals surface area contributed by atoms with E-state index in [0.717, 1.165) is 11.3 Å². The summed E-state index contributed by atoms with van der Waals surface area (Å²) in [6.45, 7) is 3.57. The van der Waals surface area contributed by atoms with Crippen LogP contribution in [-0.2, 0) is 11.2 Å². The third-order valence-corrected chi connectivity index (χ3v) is 2.46. The monoisotopic (exact) mass is 220 g/mol. The average molecular weight is 220 g/mol. The lowest BCUT2D eigenvalue weighted by Gasteiger charge is -2.12. The zero-order valence-corrected chi connectivity index (χ0v) is 9.35. The maximum Gasteiger partial charge on any atom is 0.307 e. The van der Waals surface area contributed by atoms with Gasteiger partial charge in [0.15, 0.2) is 0 Å². The van der Waals surface area contributed by atoms with E-state index in [4.69, 9.17) is 9.84 Å². The molecular formula is C13H16O3. The molecule has 0 bridgehead atoms. The maximum absolute atomic E-state index is 11.0. The quantitative estimate of drug-likeness (QED) is 0.749. The van der Waals surface area contributed by atoms with E-state index in [1.54, 1.807) is 13.2 Å². The minimum Gasteiger partial charge on any atom is -0.496 e. The summed E-state index contributed by atoms with van der Waals surface area (Å²) in [6.07, 6.45) is 2.56. The maximum atomic E-state index is 11.0. The molecule has 1 N–H and O–H groups in total. The first-order chi connectivity index (χ1) is 7.69. The van der Waals surface area contributed by atoms with Crippen molar-refractivity contribution >= 4 is 5.97 Å². The van der Waals surface area contributed by atoms with Crippen LogP contribution in [0.2, 0.25) is 0 Å². The Morgan fingerprint density at radius 2 is 2.25 bits per heavy atom. The molecule has 0 aromatic heterocycles. The normalized spacial score (nSPS) is 11.8. The summed E-state index contributed by atoms with van der Waals surface area (Å²) in [5.74, 6) is -0.502. The summed E-state index contributed by atoms with van der Waals surface area (Å²) >= 11 is 0. The second-order valence-electron chi connectivity index (χ2n) is 3.58. The minimum absolute atomic E-state index is 0.436. The Morgan fingerprint density at radius 1 is 1.56 bits per heavy atom. The first-order valence-corrected chi connectivity index (χ1v) is 5.14. The highest BCUT2D eigenvalue weighted by Gasteiger charge is 2.17. The fraction of sp³-hybridized carbons (Fsp3) is 0.308. The van der Waals surface area contributed by atoms with Crippen LogP contribution in [0.4, 0.5) is 0 Å². The molecule has 0 radical (unpaired) electrons. The number of carbonyl (C=O) groups is 1. The van der Waals surface area contributed by atoms with Gasteiger partial charge >= 0.3 is 5.97 Å². The molecule has 0 saturated carbocycles. The number of rotatable bonds is 6. The van der Waals surface area contributed by atoms with Crippen molar-refractivity contribution in [3.8, 4) is 5.75 Å². The van der Waals surface area contributed by atoms with Gasteiger partial charge in [0, 0.05) is 0 Å². The van der Waals surface area contributed by atoms with Crippen LogP contribution in [0.15, 0.2) is 36.9 Å². The molecule has 0 amide bonds. The number of ether oxygens (including phenoxy) is 1. The molecule has 86 valence electrons. The van der Waals surface area contributed by atoms with Crippen LogP contribution >= 0.6 is 0 Å². The number of para-hydroxylation sites is 1. The summed E-state index contributed by atoms with van der Waals surface area (Å²) < 4.78 is 5.19. The summed E-state index contributed by atoms with van der Waals surface area (Å²) in [7, 11) is 1.59. The number of methoxy groups -OCH3 is 1. The zero-order chi connectivity index (χ0) is 12.0. The number of hydrogen-bond donors (Lipinski definition) is 1. The summed E-state index contributed by atoms with van der Waals surface area (Å²) in [5, 5.41) is 9.04. The molecule has 1 unspecified atom stereocenters. The van der Waals surface area contributed by atoms with Crippen molar-refractivity contribution in [3.05, 3.63) is 42.5 Å². The molecule has 0 saturated heterocycles. The van der Waals surface area contributed by atoms with Gasteiger partial charge in [0.25, 0.3) is 0 Å². The fourth-order valence-electron chi connectivity index (χ4n) is 1.61. The molecule has 3 nitrogen and oxygen atoms in total. The molecule has 0 spiro atoms. The Morgan fingerprint density at radius 3 is 2.81 bits per heavy atom. The smallest absolute Gasteiger partial charge is 0.307 e. The standard InChI is InChI=1S/C13H16O3/c1-3-6-11(13(14)15)9-10-7-4-5-8-12(10)16-2/h3-5,7-8,11H,1,6,9H2,2H3,(H,14,15). The van der Waals surface area contributed by atoms with Crippen LogP contribution in [0, 0.1) is 5.92 Å². The van der Waals surface area contributed by atoms with Crippen molar-refractivity contribution in [2.24, 2.45) is 5.92 Å². The van der Waals surface area contributed by atoms with E-state index in [0.29, 0.717) is 12.8 Å². The van der Waals surface area contributed by atoms with Gasteiger partial charge in [-0.05, 0) is 24.5 Å². The van der Waals surface area contributed by atoms with Gasteiger partial charge in [0.1, 0.15) is 5.75 Å². The zero-order valence-electron chi connectivity index (χ0n) is 9.35. The predicted molar refractivity (Wildman–Crippen MR) is 62.6 cm³/mol. The molecule has 1 atom stereocenters. The van der Waals surface area contributed by atoms with Gasteiger partial charge in [-0.2, -0.15) is 0 Å². The van der Waals surface area contributed by atoms with Gasteiger partial charge in [0.2, 0.25) is 0 Å². The number of carboxylic acids is 1. The molecule has 0 fully saturated rings. The lowest BCUT2D eigenvalue weighted by molar-refractivity contribution is -0.141. The van der Waals surface area contributed by atoms with Gasteiger partial charge in [-0.1, -0.05) is 24.3 Å². The summed E-state index contributed by atoms with van der Waals surface area (Å²) in [5.41, 5.74) is 0.916. The number of benzene rings is 1. The first kappa shape index (κ1) is 12.3. The first-order valence-electron chi connectivity index (χ1n) is 5.14. The van der Waals surface area contributed by atoms with Crippen LogP contribution in [0.3, 0.4) is 0 Å². The van der Waals surface area contributed by atoms with Crippen LogP contribution in [0.25, 0.3) is 0 Å². The highest BCUT2D eigenvalue weighted by molar-refractivity contribution is 5.70. The summed E-state index contributed by atoms with van der Waals surface area (Å²) in [4.78, 5) is 11.0. The highest BCUT2D eigenvalue weighted by atomic mass is 16.5. The largest absolute Gasteiger partial charge is 0.496 e. The second kappa shape index (κ2) is 5.95. The Labute approximate surface area is 95.4 Å². The van der Waals surface area contributed by atoms with Gasteiger partial charge in [-0.3, -0.25) is 4.79 Å². The number of allylic oxidation sites excluding steroid dienone is 1. The van der Waals surface area contributed by atoms with Crippen molar-refractivity contribution < 1.29 is 14.6 Å². The van der Waals surface area contributed by atoms with Crippen molar-refractivity contribution in [1.82, 2.24) is 0 Å². The molecule has 1 aromatic rings. The summed E-state index contributed by atoms with van der Waals surface area (Å²) in [6, 6.07) is 7.47. The molecule has 1 rings (SSSR count). The number of aliphatic carboxylic acids is 1. The molecule has 0 heterocycles. The van der Waals surface area contributed by atoms with Crippen molar-refractivity contribution in [2.75, 3.05) is 7.11 Å². The van der Waals surface area contributed by atoms with Gasteiger partial charge in [-0.25, -0.2) is 0 Å². The topological polar surface area (TPSA) is 46.5 Å². The fourth-order valence-corrected chi connectivity index (χ4v) is 1.61. The van der Waals surface area contributed by atoms with Gasteiger partial charge < -0.3 is 9.84 Å². The van der Waals surface area contributed by atoms with Crippen LogP contribution < -0.4 is 4.74 Å². The van der Waals surface area contributed by atoms with Crippen molar-refractivity contribution in [2.45, 2.75) is 12.8 Å². The van der Waals surface area contributed by atoms with E-state index in [9.17, 15) is 4.79 Å². The van der Waals surface area contributed by atoms with E-state index < -0.39 is 11.9 Å². The van der Waals surface area contributed by atoms with Crippen LogP contribution in [0.1, 0.15) is 12.0 Å². The van der Waals surface area contributed by atoms with Gasteiger partial charge in [0.05, 0.1) is 13.0 Å². The molecular weight excluding hydrogens is 204 g/mol. The molecule has 0 aliphatic heterocycles. The minimum atomic E-state index is -0.800. The Kier molecular flexibility index (Phi) is 4.58. The molecule has 16 heavy (non-hydrogen) atoms. The van der Waals surface area contributed by atoms with Crippen LogP contribution in [0.5, 0.6) is 5.75 Å². The van der Waals surface area contributed by atoms with Crippen molar-refractivity contribution in [1.29, 1.82) is 0 Å². The Balaban J connectivity index is 2.84. The average Bonchev–Trinajstić information content (AvgIpc) is 2.29. The van der Waals surface area contributed by atoms with Crippen LogP contribution in [-0.4, -0.2) is 18.2 Å². The molecule has 1 aromatic carbocycles. The lowest BCUT2D eigenvalue weighted by atomic mass is 9.96. The Hall–Kier alpha value is -1.77. The number of hydrogen-bond acceptors (Lipinski definition) is 2. The third-order valence-electron chi connectivity index (χ3n) is 2.46. The highest BCUT2D eigenvalue weighted by Crippen LogP contribution is 2.22. The predicted octanol–water partition coefficient (Wildman–Crippen LogP) is 2.51. The lowest BCUT2D eigenvalue weighted by Crippen LogP contribution is -2.16. The third kappa shape index (κ3) is 3.12.